The van der Waals surface area contributed by atoms with Crippen molar-refractivity contribution < 1.29 is 4.79 Å². The topological polar surface area (TPSA) is 58.4 Å². The van der Waals surface area contributed by atoms with Crippen molar-refractivity contribution in [3.05, 3.63) is 24.3 Å². The number of nitrogens with two attached hydrogens (primary N) is 1. The lowest BCUT2D eigenvalue weighted by molar-refractivity contribution is -0.121. The predicted molar refractivity (Wildman–Crippen MR) is 76.6 cm³/mol. The highest BCUT2D eigenvalue weighted by Crippen LogP contribution is 2.17. The van der Waals surface area contributed by atoms with E-state index in [-0.39, 0.29) is 11.4 Å². The van der Waals surface area contributed by atoms with Crippen molar-refractivity contribution in [2.75, 3.05) is 23.7 Å². The summed E-state index contributed by atoms with van der Waals surface area (Å²) >= 11 is 0. The molecule has 1 aromatic carbocycles. The number of nitrogens with zero attached hydrogens (tertiary/aromatic N) is 1. The number of amides is 1. The molecule has 18 heavy (non-hydrogen) atoms. The zero-order valence-corrected chi connectivity index (χ0v) is 11.7. The van der Waals surface area contributed by atoms with E-state index in [1.54, 1.807) is 0 Å². The molecular weight excluding hydrogens is 226 g/mol. The van der Waals surface area contributed by atoms with Crippen molar-refractivity contribution in [3.8, 4) is 0 Å². The van der Waals surface area contributed by atoms with Crippen LogP contribution in [0.2, 0.25) is 0 Å². The molecule has 0 radical (unpaired) electrons. The zero-order chi connectivity index (χ0) is 13.8. The lowest BCUT2D eigenvalue weighted by Crippen LogP contribution is -2.46. The largest absolute Gasteiger partial charge is 0.399 e. The number of likely N-dealkylation sites (N-methyl/N-ethyl adjacent to an activating group) is 1. The third-order valence-corrected chi connectivity index (χ3v) is 2.47. The first-order chi connectivity index (χ1) is 8.31. The van der Waals surface area contributed by atoms with Gasteiger partial charge in [-0.3, -0.25) is 4.79 Å². The minimum absolute atomic E-state index is 0.0202. The molecule has 0 aliphatic carbocycles. The van der Waals surface area contributed by atoms with Crippen LogP contribution in [-0.4, -0.2) is 24.5 Å². The van der Waals surface area contributed by atoms with Gasteiger partial charge in [-0.25, -0.2) is 0 Å². The number of hydrogen-bond donors (Lipinski definition) is 2. The molecule has 0 spiro atoms. The van der Waals surface area contributed by atoms with E-state index in [1.165, 1.54) is 0 Å². The van der Waals surface area contributed by atoms with Crippen LogP contribution >= 0.6 is 0 Å². The Kier molecular flexibility index (Phi) is 4.59. The lowest BCUT2D eigenvalue weighted by atomic mass is 10.1. The van der Waals surface area contributed by atoms with E-state index in [0.717, 1.165) is 12.2 Å². The van der Waals surface area contributed by atoms with Crippen LogP contribution in [-0.2, 0) is 4.79 Å². The van der Waals surface area contributed by atoms with Crippen LogP contribution in [0.4, 0.5) is 11.4 Å². The van der Waals surface area contributed by atoms with E-state index in [9.17, 15) is 4.79 Å². The third-order valence-electron chi connectivity index (χ3n) is 2.47. The summed E-state index contributed by atoms with van der Waals surface area (Å²) in [5, 5.41) is 2.96. The highest BCUT2D eigenvalue weighted by molar-refractivity contribution is 5.82. The van der Waals surface area contributed by atoms with E-state index in [0.29, 0.717) is 12.2 Å². The smallest absolute Gasteiger partial charge is 0.239 e. The molecule has 0 saturated heterocycles. The Morgan fingerprint density at radius 1 is 1.39 bits per heavy atom. The average Bonchev–Trinajstić information content (AvgIpc) is 2.23. The first kappa shape index (κ1) is 14.4. The van der Waals surface area contributed by atoms with Gasteiger partial charge in [0.2, 0.25) is 5.91 Å². The van der Waals surface area contributed by atoms with Crippen molar-refractivity contribution >= 4 is 17.3 Å². The molecular formula is C14H23N3O. The first-order valence-corrected chi connectivity index (χ1v) is 6.23. The lowest BCUT2D eigenvalue weighted by Gasteiger charge is -2.26. The maximum Gasteiger partial charge on any atom is 0.239 e. The van der Waals surface area contributed by atoms with Crippen LogP contribution < -0.4 is 16.0 Å². The van der Waals surface area contributed by atoms with Gasteiger partial charge in [-0.2, -0.15) is 0 Å². The fourth-order valence-corrected chi connectivity index (χ4v) is 1.74. The third kappa shape index (κ3) is 4.65. The highest BCUT2D eigenvalue weighted by Gasteiger charge is 2.16. The summed E-state index contributed by atoms with van der Waals surface area (Å²) in [4.78, 5) is 13.9. The van der Waals surface area contributed by atoms with E-state index in [1.807, 2.05) is 56.9 Å². The van der Waals surface area contributed by atoms with Gasteiger partial charge in [0.15, 0.2) is 0 Å². The molecule has 100 valence electrons. The molecule has 0 aromatic heterocycles. The molecule has 0 heterocycles. The molecule has 0 aliphatic rings. The summed E-state index contributed by atoms with van der Waals surface area (Å²) < 4.78 is 0. The summed E-state index contributed by atoms with van der Waals surface area (Å²) in [5.41, 5.74) is 7.24. The maximum atomic E-state index is 11.9. The van der Waals surface area contributed by atoms with Crippen LogP contribution in [0.15, 0.2) is 24.3 Å². The maximum absolute atomic E-state index is 11.9. The van der Waals surface area contributed by atoms with Gasteiger partial charge < -0.3 is 16.0 Å². The summed E-state index contributed by atoms with van der Waals surface area (Å²) in [5.74, 6) is 0.0202. The number of rotatable bonds is 4. The molecule has 1 amide bonds. The number of benzene rings is 1. The Hall–Kier alpha value is -1.71. The van der Waals surface area contributed by atoms with Crippen LogP contribution in [0, 0.1) is 0 Å². The molecule has 0 atom stereocenters. The number of hydrogen-bond acceptors (Lipinski definition) is 3. The summed E-state index contributed by atoms with van der Waals surface area (Å²) in [7, 11) is 0. The molecule has 0 saturated carbocycles. The predicted octanol–water partition coefficient (Wildman–Crippen LogP) is 2.01. The minimum atomic E-state index is -0.202. The van der Waals surface area contributed by atoms with Crippen LogP contribution in [0.1, 0.15) is 27.7 Å². The molecule has 1 aromatic rings. The van der Waals surface area contributed by atoms with Crippen molar-refractivity contribution in [2.45, 2.75) is 33.2 Å². The number of carbonyl (C=O) groups is 1. The van der Waals surface area contributed by atoms with E-state index in [2.05, 4.69) is 5.32 Å². The number of carbonyl (C=O) groups excluding carboxylic acids is 1. The number of nitrogen functional groups attached to an aromatic ring is 1. The fraction of sp³-hybridized carbons (Fsp3) is 0.500. The molecule has 1 rings (SSSR count). The van der Waals surface area contributed by atoms with E-state index in [4.69, 9.17) is 5.73 Å². The highest BCUT2D eigenvalue weighted by atomic mass is 16.2. The van der Waals surface area contributed by atoms with Gasteiger partial charge in [-0.05, 0) is 45.9 Å². The molecule has 0 fully saturated rings. The van der Waals surface area contributed by atoms with Crippen LogP contribution in [0.25, 0.3) is 0 Å². The van der Waals surface area contributed by atoms with Crippen LogP contribution in [0.5, 0.6) is 0 Å². The second-order valence-corrected chi connectivity index (χ2v) is 5.41. The quantitative estimate of drug-likeness (QED) is 0.803. The van der Waals surface area contributed by atoms with Crippen molar-refractivity contribution in [3.63, 3.8) is 0 Å². The Bertz CT molecular complexity index is 410. The second kappa shape index (κ2) is 5.76. The molecule has 0 aliphatic heterocycles. The van der Waals surface area contributed by atoms with Crippen LogP contribution in [0.3, 0.4) is 0 Å². The average molecular weight is 249 g/mol. The Labute approximate surface area is 109 Å². The van der Waals surface area contributed by atoms with Crippen molar-refractivity contribution in [2.24, 2.45) is 0 Å². The Balaban J connectivity index is 2.71. The fourth-order valence-electron chi connectivity index (χ4n) is 1.74. The minimum Gasteiger partial charge on any atom is -0.399 e. The first-order valence-electron chi connectivity index (χ1n) is 6.23. The zero-order valence-electron chi connectivity index (χ0n) is 11.7. The van der Waals surface area contributed by atoms with Gasteiger partial charge in [0, 0.05) is 23.5 Å². The molecule has 0 unspecified atom stereocenters. The van der Waals surface area contributed by atoms with Gasteiger partial charge in [0.05, 0.1) is 6.54 Å². The number of anilines is 2. The van der Waals surface area contributed by atoms with Gasteiger partial charge in [0.1, 0.15) is 0 Å². The number of nitrogens with one attached hydrogen (secondary N) is 1. The second-order valence-electron chi connectivity index (χ2n) is 5.41. The summed E-state index contributed by atoms with van der Waals surface area (Å²) in [6.07, 6.45) is 0. The van der Waals surface area contributed by atoms with Crippen molar-refractivity contribution in [1.29, 1.82) is 0 Å². The Morgan fingerprint density at radius 3 is 2.56 bits per heavy atom. The molecule has 4 nitrogen and oxygen atoms in total. The van der Waals surface area contributed by atoms with Gasteiger partial charge >= 0.3 is 0 Å². The monoisotopic (exact) mass is 249 g/mol. The summed E-state index contributed by atoms with van der Waals surface area (Å²) in [6.45, 7) is 9.05. The summed E-state index contributed by atoms with van der Waals surface area (Å²) in [6, 6.07) is 7.58. The molecule has 4 heteroatoms. The Morgan fingerprint density at radius 2 is 2.06 bits per heavy atom. The normalized spacial score (nSPS) is 11.1. The van der Waals surface area contributed by atoms with Gasteiger partial charge in [-0.15, -0.1) is 0 Å². The van der Waals surface area contributed by atoms with Gasteiger partial charge in [0.25, 0.3) is 0 Å². The molecule has 0 bridgehead atoms. The standard InChI is InChI=1S/C14H23N3O/c1-5-17(10-13(18)16-14(2,3)4)12-8-6-7-11(15)9-12/h6-9H,5,10,15H2,1-4H3,(H,16,18). The SMILES string of the molecule is CCN(CC(=O)NC(C)(C)C)c1cccc(N)c1. The van der Waals surface area contributed by atoms with Crippen molar-refractivity contribution in [1.82, 2.24) is 5.32 Å². The van der Waals surface area contributed by atoms with Gasteiger partial charge in [-0.1, -0.05) is 6.07 Å². The molecule has 3 N–H and O–H groups in total. The van der Waals surface area contributed by atoms with E-state index < -0.39 is 0 Å². The van der Waals surface area contributed by atoms with E-state index >= 15 is 0 Å².